The number of methoxy groups -OCH3 is 1. The zero-order chi connectivity index (χ0) is 20.3. The molecule has 0 fully saturated rings. The number of fused-ring (bicyclic) bond motifs is 1. The first-order valence-corrected chi connectivity index (χ1v) is 11.6. The average molecular weight is 403 g/mol. The first-order chi connectivity index (χ1) is 13.5. The Morgan fingerprint density at radius 3 is 2.39 bits per heavy atom. The second kappa shape index (κ2) is 8.66. The van der Waals surface area contributed by atoms with Gasteiger partial charge in [0.25, 0.3) is 0 Å². The van der Waals surface area contributed by atoms with Gasteiger partial charge >= 0.3 is 0 Å². The zero-order valence-corrected chi connectivity index (χ0v) is 17.7. The Bertz CT molecular complexity index is 892. The van der Waals surface area contributed by atoms with Crippen LogP contribution in [0.3, 0.4) is 0 Å². The predicted molar refractivity (Wildman–Crippen MR) is 112 cm³/mol. The number of benzene rings is 2. The van der Waals surface area contributed by atoms with Gasteiger partial charge in [-0.15, -0.1) is 0 Å². The smallest absolute Gasteiger partial charge is 0.182 e. The number of hydrogen-bond donors (Lipinski definition) is 1. The molecule has 2 aromatic carbocycles. The van der Waals surface area contributed by atoms with Crippen molar-refractivity contribution >= 4 is 9.84 Å². The summed E-state index contributed by atoms with van der Waals surface area (Å²) < 4.78 is 32.8. The Hall–Kier alpha value is -1.85. The van der Waals surface area contributed by atoms with E-state index in [-0.39, 0.29) is 11.8 Å². The minimum Gasteiger partial charge on any atom is -0.497 e. The van der Waals surface area contributed by atoms with Crippen LogP contribution in [0, 0.1) is 5.92 Å². The Kier molecular flexibility index (Phi) is 6.46. The van der Waals surface area contributed by atoms with Crippen molar-refractivity contribution in [3.05, 3.63) is 59.7 Å². The van der Waals surface area contributed by atoms with Crippen molar-refractivity contribution in [3.8, 4) is 5.75 Å². The van der Waals surface area contributed by atoms with Crippen molar-refractivity contribution < 1.29 is 18.3 Å². The Morgan fingerprint density at radius 1 is 1.07 bits per heavy atom. The second-order valence-corrected chi connectivity index (χ2v) is 9.72. The lowest BCUT2D eigenvalue weighted by Gasteiger charge is -2.31. The molecule has 1 heterocycles. The van der Waals surface area contributed by atoms with Crippen LogP contribution in [0.25, 0.3) is 0 Å². The summed E-state index contributed by atoms with van der Waals surface area (Å²) >= 11 is 0. The van der Waals surface area contributed by atoms with E-state index in [0.717, 1.165) is 18.4 Å². The van der Waals surface area contributed by atoms with E-state index in [0.29, 0.717) is 29.1 Å². The molecule has 0 saturated carbocycles. The van der Waals surface area contributed by atoms with Crippen molar-refractivity contribution in [1.82, 2.24) is 0 Å². The molecule has 0 bridgehead atoms. The van der Waals surface area contributed by atoms with Crippen LogP contribution < -0.4 is 4.74 Å². The molecular weight excluding hydrogens is 372 g/mol. The first kappa shape index (κ1) is 20.9. The molecule has 4 unspecified atom stereocenters. The average Bonchev–Trinajstić information content (AvgIpc) is 2.77. The van der Waals surface area contributed by atoms with Gasteiger partial charge in [-0.1, -0.05) is 63.1 Å². The summed E-state index contributed by atoms with van der Waals surface area (Å²) in [5.74, 6) is -0.179. The van der Waals surface area contributed by atoms with Crippen LogP contribution in [-0.2, 0) is 9.84 Å². The monoisotopic (exact) mass is 402 g/mol. The molecule has 0 spiro atoms. The van der Waals surface area contributed by atoms with E-state index >= 15 is 0 Å². The molecule has 0 aliphatic carbocycles. The molecule has 5 heteroatoms. The third-order valence-electron chi connectivity index (χ3n) is 5.99. The van der Waals surface area contributed by atoms with Crippen LogP contribution in [-0.4, -0.2) is 32.0 Å². The maximum absolute atomic E-state index is 13.7. The number of aliphatic hydroxyl groups is 1. The normalized spacial score (nSPS) is 26.3. The predicted octanol–water partition coefficient (Wildman–Crippen LogP) is 4.56. The molecular formula is C23H30O4S. The maximum Gasteiger partial charge on any atom is 0.182 e. The molecule has 28 heavy (non-hydrogen) atoms. The Labute approximate surface area is 168 Å². The highest BCUT2D eigenvalue weighted by Crippen LogP contribution is 2.45. The van der Waals surface area contributed by atoms with E-state index in [2.05, 4.69) is 6.92 Å². The summed E-state index contributed by atoms with van der Waals surface area (Å²) in [5, 5.41) is 10.9. The molecule has 0 saturated heterocycles. The second-order valence-electron chi connectivity index (χ2n) is 7.58. The SMILES string of the molecule is CCCCC1C(CC)C(O)C(c2ccccc2)c2ccc(OC)cc2S1(=O)=O. The Morgan fingerprint density at radius 2 is 1.79 bits per heavy atom. The summed E-state index contributed by atoms with van der Waals surface area (Å²) in [5.41, 5.74) is 1.60. The van der Waals surface area contributed by atoms with Gasteiger partial charge in [-0.05, 0) is 36.1 Å². The van der Waals surface area contributed by atoms with Crippen LogP contribution in [0.2, 0.25) is 0 Å². The van der Waals surface area contributed by atoms with Crippen LogP contribution in [0.4, 0.5) is 0 Å². The fourth-order valence-electron chi connectivity index (χ4n) is 4.51. The lowest BCUT2D eigenvalue weighted by molar-refractivity contribution is 0.0860. The van der Waals surface area contributed by atoms with Gasteiger partial charge in [0.05, 0.1) is 23.4 Å². The largest absolute Gasteiger partial charge is 0.497 e. The minimum absolute atomic E-state index is 0.303. The van der Waals surface area contributed by atoms with E-state index < -0.39 is 21.2 Å². The van der Waals surface area contributed by atoms with Gasteiger partial charge < -0.3 is 9.84 Å². The van der Waals surface area contributed by atoms with Crippen LogP contribution >= 0.6 is 0 Å². The zero-order valence-electron chi connectivity index (χ0n) is 16.8. The molecule has 2 aromatic rings. The molecule has 0 aromatic heterocycles. The van der Waals surface area contributed by atoms with Gasteiger partial charge in [0.15, 0.2) is 9.84 Å². The van der Waals surface area contributed by atoms with Crippen LogP contribution in [0.1, 0.15) is 56.6 Å². The summed E-state index contributed by atoms with van der Waals surface area (Å²) in [7, 11) is -2.06. The van der Waals surface area contributed by atoms with Gasteiger partial charge in [0.1, 0.15) is 5.75 Å². The third-order valence-corrected chi connectivity index (χ3v) is 8.34. The third kappa shape index (κ3) is 3.70. The number of unbranched alkanes of at least 4 members (excludes halogenated alkanes) is 1. The van der Waals surface area contributed by atoms with Gasteiger partial charge in [0, 0.05) is 11.8 Å². The standard InChI is InChI=1S/C23H30O4S/c1-4-6-12-20-18(5-2)23(24)22(16-10-8-7-9-11-16)19-14-13-17(27-3)15-21(19)28(20,25)26/h7-11,13-15,18,20,22-24H,4-6,12H2,1-3H3. The Balaban J connectivity index is 2.27. The van der Waals surface area contributed by atoms with Crippen LogP contribution in [0.15, 0.2) is 53.4 Å². The highest BCUT2D eigenvalue weighted by atomic mass is 32.2. The molecule has 1 aliphatic heterocycles. The van der Waals surface area contributed by atoms with Crippen molar-refractivity contribution in [2.75, 3.05) is 7.11 Å². The quantitative estimate of drug-likeness (QED) is 0.769. The molecule has 152 valence electrons. The number of aliphatic hydroxyl groups excluding tert-OH is 1. The van der Waals surface area contributed by atoms with E-state index in [1.807, 2.05) is 43.3 Å². The van der Waals surface area contributed by atoms with Gasteiger partial charge in [-0.25, -0.2) is 8.42 Å². The molecule has 1 N–H and O–H groups in total. The summed E-state index contributed by atoms with van der Waals surface area (Å²) in [4.78, 5) is 0.303. The lowest BCUT2D eigenvalue weighted by atomic mass is 9.78. The van der Waals surface area contributed by atoms with Gasteiger partial charge in [0.2, 0.25) is 0 Å². The van der Waals surface area contributed by atoms with Crippen molar-refractivity contribution in [1.29, 1.82) is 0 Å². The van der Waals surface area contributed by atoms with Crippen molar-refractivity contribution in [2.45, 2.75) is 61.7 Å². The number of hydrogen-bond acceptors (Lipinski definition) is 4. The van der Waals surface area contributed by atoms with E-state index in [1.54, 1.807) is 12.1 Å². The molecule has 0 radical (unpaired) electrons. The highest BCUT2D eigenvalue weighted by Gasteiger charge is 2.46. The molecule has 1 aliphatic rings. The fraction of sp³-hybridized carbons (Fsp3) is 0.478. The summed E-state index contributed by atoms with van der Waals surface area (Å²) in [6.07, 6.45) is 2.16. The maximum atomic E-state index is 13.7. The van der Waals surface area contributed by atoms with E-state index in [4.69, 9.17) is 4.74 Å². The van der Waals surface area contributed by atoms with E-state index in [9.17, 15) is 13.5 Å². The first-order valence-electron chi connectivity index (χ1n) is 10.1. The number of rotatable bonds is 6. The molecule has 4 atom stereocenters. The van der Waals surface area contributed by atoms with Crippen molar-refractivity contribution in [3.63, 3.8) is 0 Å². The van der Waals surface area contributed by atoms with Crippen molar-refractivity contribution in [2.24, 2.45) is 5.92 Å². The number of sulfone groups is 1. The van der Waals surface area contributed by atoms with Crippen LogP contribution in [0.5, 0.6) is 5.75 Å². The summed E-state index contributed by atoms with van der Waals surface area (Å²) in [6.45, 7) is 4.03. The highest BCUT2D eigenvalue weighted by molar-refractivity contribution is 7.92. The molecule has 4 nitrogen and oxygen atoms in total. The summed E-state index contributed by atoms with van der Waals surface area (Å²) in [6, 6.07) is 14.9. The van der Waals surface area contributed by atoms with E-state index in [1.165, 1.54) is 7.11 Å². The minimum atomic E-state index is -3.60. The topological polar surface area (TPSA) is 63.6 Å². The fourth-order valence-corrected chi connectivity index (χ4v) is 6.93. The van der Waals surface area contributed by atoms with Gasteiger partial charge in [-0.3, -0.25) is 0 Å². The number of ether oxygens (including phenoxy) is 1. The van der Waals surface area contributed by atoms with Gasteiger partial charge in [-0.2, -0.15) is 0 Å². The molecule has 0 amide bonds. The molecule has 3 rings (SSSR count). The lowest BCUT2D eigenvalue weighted by Crippen LogP contribution is -2.37.